The number of aryl methyl sites for hydroxylation is 1. The van der Waals surface area contributed by atoms with Gasteiger partial charge in [0.25, 0.3) is 0 Å². The molecule has 1 fully saturated rings. The summed E-state index contributed by atoms with van der Waals surface area (Å²) >= 11 is 0. The van der Waals surface area contributed by atoms with E-state index in [0.29, 0.717) is 0 Å². The first-order chi connectivity index (χ1) is 8.28. The van der Waals surface area contributed by atoms with Crippen LogP contribution in [0.3, 0.4) is 0 Å². The van der Waals surface area contributed by atoms with Gasteiger partial charge in [-0.3, -0.25) is 5.43 Å². The molecule has 96 valence electrons. The van der Waals surface area contributed by atoms with Crippen molar-refractivity contribution in [2.24, 2.45) is 0 Å². The molecule has 0 unspecified atom stereocenters. The largest absolute Gasteiger partial charge is 0.354 e. The number of nitrogens with zero attached hydrogens (tertiary/aromatic N) is 3. The average molecular weight is 236 g/mol. The van der Waals surface area contributed by atoms with E-state index in [1.807, 2.05) is 0 Å². The Labute approximate surface area is 104 Å². The molecule has 1 saturated heterocycles. The molecule has 2 rings (SSSR count). The number of likely N-dealkylation sites (N-methyl/N-ethyl adjacent to an activating group) is 1. The third-order valence-electron chi connectivity index (χ3n) is 3.30. The number of rotatable bonds is 5. The Morgan fingerprint density at radius 1 is 1.24 bits per heavy atom. The average Bonchev–Trinajstić information content (AvgIpc) is 2.77. The van der Waals surface area contributed by atoms with E-state index in [2.05, 4.69) is 52.3 Å². The van der Waals surface area contributed by atoms with Gasteiger partial charge in [-0.05, 0) is 25.1 Å². The normalized spacial score (nSPS) is 18.7. The quantitative estimate of drug-likeness (QED) is 0.829. The Morgan fingerprint density at radius 3 is 2.71 bits per heavy atom. The summed E-state index contributed by atoms with van der Waals surface area (Å²) in [5.74, 6) is 0. The van der Waals surface area contributed by atoms with Crippen LogP contribution < -0.4 is 5.43 Å². The van der Waals surface area contributed by atoms with Crippen LogP contribution in [-0.4, -0.2) is 47.7 Å². The lowest BCUT2D eigenvalue weighted by atomic mass is 10.3. The van der Waals surface area contributed by atoms with E-state index in [9.17, 15) is 0 Å². The molecule has 4 heteroatoms. The van der Waals surface area contributed by atoms with Crippen LogP contribution in [0.5, 0.6) is 0 Å². The minimum Gasteiger partial charge on any atom is -0.354 e. The summed E-state index contributed by atoms with van der Waals surface area (Å²) in [4.78, 5) is 2.37. The number of hydrogen-bond acceptors (Lipinski definition) is 3. The second-order valence-electron chi connectivity index (χ2n) is 4.88. The van der Waals surface area contributed by atoms with Crippen molar-refractivity contribution < 1.29 is 0 Å². The summed E-state index contributed by atoms with van der Waals surface area (Å²) in [6.45, 7) is 8.82. The molecule has 17 heavy (non-hydrogen) atoms. The monoisotopic (exact) mass is 236 g/mol. The summed E-state index contributed by atoms with van der Waals surface area (Å²) in [5.41, 5.74) is 4.88. The highest BCUT2D eigenvalue weighted by molar-refractivity contribution is 5.09. The molecule has 0 radical (unpaired) electrons. The summed E-state index contributed by atoms with van der Waals surface area (Å²) in [5, 5.41) is 2.33. The van der Waals surface area contributed by atoms with Gasteiger partial charge in [-0.1, -0.05) is 6.92 Å². The standard InChI is InChI=1S/C13H24N4/c1-3-5-16-6-4-13(12-16)11-14-17-9-7-15(2)8-10-17/h4,6,12,14H,3,5,7-11H2,1-2H3. The lowest BCUT2D eigenvalue weighted by Gasteiger charge is -2.32. The molecule has 1 aromatic rings. The zero-order chi connectivity index (χ0) is 12.1. The molecule has 0 bridgehead atoms. The van der Waals surface area contributed by atoms with Crippen molar-refractivity contribution in [2.45, 2.75) is 26.4 Å². The van der Waals surface area contributed by atoms with Gasteiger partial charge in [0.05, 0.1) is 0 Å². The van der Waals surface area contributed by atoms with Gasteiger partial charge >= 0.3 is 0 Å². The molecule has 0 spiro atoms. The molecule has 0 aromatic carbocycles. The molecule has 0 aliphatic carbocycles. The molecular weight excluding hydrogens is 212 g/mol. The number of piperazine rings is 1. The highest BCUT2D eigenvalue weighted by Gasteiger charge is 2.12. The van der Waals surface area contributed by atoms with Crippen LogP contribution in [0, 0.1) is 0 Å². The van der Waals surface area contributed by atoms with Gasteiger partial charge in [-0.2, -0.15) is 0 Å². The second kappa shape index (κ2) is 6.19. The van der Waals surface area contributed by atoms with E-state index in [1.165, 1.54) is 12.0 Å². The zero-order valence-electron chi connectivity index (χ0n) is 11.0. The summed E-state index contributed by atoms with van der Waals surface area (Å²) in [7, 11) is 2.18. The number of nitrogens with one attached hydrogen (secondary N) is 1. The predicted octanol–water partition coefficient (Wildman–Crippen LogP) is 1.15. The Balaban J connectivity index is 1.73. The third-order valence-corrected chi connectivity index (χ3v) is 3.30. The maximum atomic E-state index is 3.51. The van der Waals surface area contributed by atoms with Crippen molar-refractivity contribution in [3.8, 4) is 0 Å². The van der Waals surface area contributed by atoms with E-state index in [4.69, 9.17) is 0 Å². The second-order valence-corrected chi connectivity index (χ2v) is 4.88. The van der Waals surface area contributed by atoms with Crippen LogP contribution in [0.4, 0.5) is 0 Å². The Morgan fingerprint density at radius 2 is 2.00 bits per heavy atom. The Bertz CT molecular complexity index is 326. The molecule has 0 atom stereocenters. The Kier molecular flexibility index (Phi) is 4.59. The van der Waals surface area contributed by atoms with Crippen LogP contribution in [0.2, 0.25) is 0 Å². The van der Waals surface area contributed by atoms with Crippen LogP contribution in [-0.2, 0) is 13.1 Å². The first-order valence-electron chi connectivity index (χ1n) is 6.59. The van der Waals surface area contributed by atoms with E-state index >= 15 is 0 Å². The van der Waals surface area contributed by atoms with E-state index in [0.717, 1.165) is 39.3 Å². The van der Waals surface area contributed by atoms with Gasteiger partial charge in [0.2, 0.25) is 0 Å². The number of hydrazine groups is 1. The van der Waals surface area contributed by atoms with Crippen LogP contribution in [0.1, 0.15) is 18.9 Å². The molecule has 0 saturated carbocycles. The lowest BCUT2D eigenvalue weighted by Crippen LogP contribution is -2.50. The van der Waals surface area contributed by atoms with Crippen molar-refractivity contribution in [3.05, 3.63) is 24.0 Å². The number of aromatic nitrogens is 1. The molecule has 1 N–H and O–H groups in total. The lowest BCUT2D eigenvalue weighted by molar-refractivity contribution is 0.102. The fraction of sp³-hybridized carbons (Fsp3) is 0.692. The van der Waals surface area contributed by atoms with Gasteiger partial charge in [0.15, 0.2) is 0 Å². The summed E-state index contributed by atoms with van der Waals surface area (Å²) < 4.78 is 2.26. The molecule has 2 heterocycles. The molecule has 1 aliphatic rings. The summed E-state index contributed by atoms with van der Waals surface area (Å²) in [6, 6.07) is 2.21. The smallest absolute Gasteiger partial charge is 0.0368 e. The minimum absolute atomic E-state index is 0.945. The SMILES string of the molecule is CCCn1ccc(CNN2CCN(C)CC2)c1. The summed E-state index contributed by atoms with van der Waals surface area (Å²) in [6.07, 6.45) is 5.61. The van der Waals surface area contributed by atoms with Crippen molar-refractivity contribution in [3.63, 3.8) is 0 Å². The van der Waals surface area contributed by atoms with Gasteiger partial charge < -0.3 is 9.47 Å². The van der Waals surface area contributed by atoms with Crippen LogP contribution >= 0.6 is 0 Å². The topological polar surface area (TPSA) is 23.4 Å². The highest BCUT2D eigenvalue weighted by Crippen LogP contribution is 2.03. The molecule has 1 aromatic heterocycles. The molecule has 0 amide bonds. The van der Waals surface area contributed by atoms with Gasteiger partial charge in [-0.15, -0.1) is 0 Å². The highest BCUT2D eigenvalue weighted by atomic mass is 15.5. The third kappa shape index (κ3) is 3.84. The maximum Gasteiger partial charge on any atom is 0.0368 e. The fourth-order valence-electron chi connectivity index (χ4n) is 2.16. The van der Waals surface area contributed by atoms with Crippen LogP contribution in [0.25, 0.3) is 0 Å². The van der Waals surface area contributed by atoms with E-state index in [1.54, 1.807) is 0 Å². The molecule has 1 aliphatic heterocycles. The minimum atomic E-state index is 0.945. The van der Waals surface area contributed by atoms with Crippen molar-refractivity contribution in [1.29, 1.82) is 0 Å². The van der Waals surface area contributed by atoms with Crippen molar-refractivity contribution in [2.75, 3.05) is 33.2 Å². The van der Waals surface area contributed by atoms with Gasteiger partial charge in [0.1, 0.15) is 0 Å². The van der Waals surface area contributed by atoms with E-state index < -0.39 is 0 Å². The van der Waals surface area contributed by atoms with Crippen LogP contribution in [0.15, 0.2) is 18.5 Å². The predicted molar refractivity (Wildman–Crippen MR) is 70.6 cm³/mol. The van der Waals surface area contributed by atoms with E-state index in [-0.39, 0.29) is 0 Å². The van der Waals surface area contributed by atoms with Gasteiger partial charge in [0, 0.05) is 51.7 Å². The zero-order valence-corrected chi connectivity index (χ0v) is 11.0. The van der Waals surface area contributed by atoms with Crippen molar-refractivity contribution >= 4 is 0 Å². The fourth-order valence-corrected chi connectivity index (χ4v) is 2.16. The Hall–Kier alpha value is -0.840. The molecular formula is C13H24N4. The first-order valence-corrected chi connectivity index (χ1v) is 6.59. The van der Waals surface area contributed by atoms with Crippen molar-refractivity contribution in [1.82, 2.24) is 19.9 Å². The molecule has 4 nitrogen and oxygen atoms in total. The number of hydrogen-bond donors (Lipinski definition) is 1. The van der Waals surface area contributed by atoms with Gasteiger partial charge in [-0.25, -0.2) is 5.01 Å². The maximum absolute atomic E-state index is 3.51. The first kappa shape index (κ1) is 12.6.